The van der Waals surface area contributed by atoms with Gasteiger partial charge in [-0.05, 0) is 6.42 Å². The van der Waals surface area contributed by atoms with Crippen molar-refractivity contribution in [2.75, 3.05) is 38.8 Å². The lowest BCUT2D eigenvalue weighted by atomic mass is 10.4. The van der Waals surface area contributed by atoms with Crippen LogP contribution < -0.4 is 10.2 Å². The third kappa shape index (κ3) is 4.32. The van der Waals surface area contributed by atoms with Crippen LogP contribution in [0.1, 0.15) is 23.8 Å². The average Bonchev–Trinajstić information content (AvgIpc) is 2.82. The minimum Gasteiger partial charge on any atom is -0.383 e. The first-order chi connectivity index (χ1) is 8.19. The minimum absolute atomic E-state index is 0.102. The molecule has 17 heavy (non-hydrogen) atoms. The molecule has 0 saturated heterocycles. The molecular formula is C11H19N3O2S. The van der Waals surface area contributed by atoms with Crippen LogP contribution in [0.5, 0.6) is 0 Å². The van der Waals surface area contributed by atoms with Crippen LogP contribution in [-0.2, 0) is 4.74 Å². The van der Waals surface area contributed by atoms with Crippen LogP contribution in [0.3, 0.4) is 0 Å². The molecule has 0 radical (unpaired) electrons. The maximum absolute atomic E-state index is 11.6. The van der Waals surface area contributed by atoms with Crippen molar-refractivity contribution in [3.05, 3.63) is 11.1 Å². The third-order valence-electron chi connectivity index (χ3n) is 2.22. The number of aromatic nitrogens is 1. The fourth-order valence-electron chi connectivity index (χ4n) is 1.20. The van der Waals surface area contributed by atoms with Crippen molar-refractivity contribution < 1.29 is 9.53 Å². The quantitative estimate of drug-likeness (QED) is 0.801. The topological polar surface area (TPSA) is 54.5 Å². The van der Waals surface area contributed by atoms with Crippen LogP contribution in [0, 0.1) is 0 Å². The van der Waals surface area contributed by atoms with E-state index < -0.39 is 0 Å². The molecular weight excluding hydrogens is 238 g/mol. The SMILES string of the molecule is CCCNC(=O)c1csc(N(C)CCOC)n1. The number of hydrogen-bond donors (Lipinski definition) is 1. The summed E-state index contributed by atoms with van der Waals surface area (Å²) in [6, 6.07) is 0. The fourth-order valence-corrected chi connectivity index (χ4v) is 2.00. The Morgan fingerprint density at radius 2 is 2.41 bits per heavy atom. The number of methoxy groups -OCH3 is 1. The molecule has 0 spiro atoms. The summed E-state index contributed by atoms with van der Waals surface area (Å²) in [6.07, 6.45) is 0.927. The number of rotatable bonds is 7. The van der Waals surface area contributed by atoms with E-state index in [2.05, 4.69) is 10.3 Å². The summed E-state index contributed by atoms with van der Waals surface area (Å²) >= 11 is 1.47. The standard InChI is InChI=1S/C11H19N3O2S/c1-4-5-12-10(15)9-8-17-11(13-9)14(2)6-7-16-3/h8H,4-7H2,1-3H3,(H,12,15). The van der Waals surface area contributed by atoms with E-state index in [1.165, 1.54) is 11.3 Å². The van der Waals surface area contributed by atoms with Crippen molar-refractivity contribution in [3.63, 3.8) is 0 Å². The Bertz CT molecular complexity index is 354. The molecule has 1 aromatic heterocycles. The lowest BCUT2D eigenvalue weighted by Crippen LogP contribution is -2.25. The molecule has 1 aromatic rings. The highest BCUT2D eigenvalue weighted by atomic mass is 32.1. The number of nitrogens with one attached hydrogen (secondary N) is 1. The molecule has 0 saturated carbocycles. The highest BCUT2D eigenvalue weighted by molar-refractivity contribution is 7.13. The van der Waals surface area contributed by atoms with Crippen molar-refractivity contribution in [1.29, 1.82) is 0 Å². The van der Waals surface area contributed by atoms with E-state index in [1.807, 2.05) is 18.9 Å². The van der Waals surface area contributed by atoms with Gasteiger partial charge in [-0.1, -0.05) is 6.92 Å². The number of carbonyl (C=O) groups is 1. The van der Waals surface area contributed by atoms with Gasteiger partial charge in [-0.2, -0.15) is 0 Å². The lowest BCUT2D eigenvalue weighted by Gasteiger charge is -2.14. The first-order valence-corrected chi connectivity index (χ1v) is 6.50. The van der Waals surface area contributed by atoms with Crippen LogP contribution in [0.15, 0.2) is 5.38 Å². The second-order valence-electron chi connectivity index (χ2n) is 3.69. The number of thiazole rings is 1. The van der Waals surface area contributed by atoms with Gasteiger partial charge in [0.2, 0.25) is 0 Å². The summed E-state index contributed by atoms with van der Waals surface area (Å²) in [4.78, 5) is 17.9. The molecule has 1 amide bonds. The maximum atomic E-state index is 11.6. The number of carbonyl (C=O) groups excluding carboxylic acids is 1. The summed E-state index contributed by atoms with van der Waals surface area (Å²) < 4.78 is 5.00. The highest BCUT2D eigenvalue weighted by Crippen LogP contribution is 2.18. The number of nitrogens with zero attached hydrogens (tertiary/aromatic N) is 2. The Balaban J connectivity index is 2.54. The van der Waals surface area contributed by atoms with Gasteiger partial charge in [-0.15, -0.1) is 11.3 Å². The highest BCUT2D eigenvalue weighted by Gasteiger charge is 2.12. The summed E-state index contributed by atoms with van der Waals surface area (Å²) in [5, 5.41) is 5.42. The monoisotopic (exact) mass is 257 g/mol. The van der Waals surface area contributed by atoms with E-state index >= 15 is 0 Å². The van der Waals surface area contributed by atoms with E-state index in [0.29, 0.717) is 18.8 Å². The molecule has 1 rings (SSSR count). The summed E-state index contributed by atoms with van der Waals surface area (Å²) in [5.41, 5.74) is 0.489. The van der Waals surface area contributed by atoms with Gasteiger partial charge in [-0.3, -0.25) is 4.79 Å². The molecule has 0 unspecified atom stereocenters. The second kappa shape index (κ2) is 7.24. The molecule has 0 aliphatic heterocycles. The predicted molar refractivity (Wildman–Crippen MR) is 69.9 cm³/mol. The molecule has 0 aromatic carbocycles. The van der Waals surface area contributed by atoms with Crippen LogP contribution in [-0.4, -0.2) is 44.7 Å². The number of likely N-dealkylation sites (N-methyl/N-ethyl adjacent to an activating group) is 1. The molecule has 6 heteroatoms. The van der Waals surface area contributed by atoms with Gasteiger partial charge in [0.15, 0.2) is 5.13 Å². The number of hydrogen-bond acceptors (Lipinski definition) is 5. The summed E-state index contributed by atoms with van der Waals surface area (Å²) in [7, 11) is 3.60. The van der Waals surface area contributed by atoms with E-state index in [0.717, 1.165) is 18.1 Å². The number of ether oxygens (including phenoxy) is 1. The van der Waals surface area contributed by atoms with Gasteiger partial charge in [0, 0.05) is 32.6 Å². The number of amides is 1. The predicted octanol–water partition coefficient (Wildman–Crippen LogP) is 1.37. The zero-order chi connectivity index (χ0) is 12.7. The molecule has 0 atom stereocenters. The maximum Gasteiger partial charge on any atom is 0.270 e. The van der Waals surface area contributed by atoms with E-state index in [4.69, 9.17) is 4.74 Å². The van der Waals surface area contributed by atoms with Crippen LogP contribution >= 0.6 is 11.3 Å². The smallest absolute Gasteiger partial charge is 0.270 e. The van der Waals surface area contributed by atoms with Crippen molar-refractivity contribution >= 4 is 22.4 Å². The van der Waals surface area contributed by atoms with E-state index in [9.17, 15) is 4.79 Å². The molecule has 0 bridgehead atoms. The first-order valence-electron chi connectivity index (χ1n) is 5.62. The van der Waals surface area contributed by atoms with Gasteiger partial charge in [0.25, 0.3) is 5.91 Å². The van der Waals surface area contributed by atoms with Crippen molar-refractivity contribution in [2.45, 2.75) is 13.3 Å². The molecule has 5 nitrogen and oxygen atoms in total. The van der Waals surface area contributed by atoms with Crippen molar-refractivity contribution in [3.8, 4) is 0 Å². The van der Waals surface area contributed by atoms with E-state index in [1.54, 1.807) is 12.5 Å². The Hall–Kier alpha value is -1.14. The average molecular weight is 257 g/mol. The lowest BCUT2D eigenvalue weighted by molar-refractivity contribution is 0.0949. The summed E-state index contributed by atoms with van der Waals surface area (Å²) in [5.74, 6) is -0.102. The molecule has 0 aliphatic rings. The Labute approximate surface area is 106 Å². The van der Waals surface area contributed by atoms with Crippen molar-refractivity contribution in [2.24, 2.45) is 0 Å². The number of anilines is 1. The first kappa shape index (κ1) is 13.9. The molecule has 1 N–H and O–H groups in total. The Morgan fingerprint density at radius 3 is 3.06 bits per heavy atom. The van der Waals surface area contributed by atoms with Gasteiger partial charge in [-0.25, -0.2) is 4.98 Å². The molecule has 0 aliphatic carbocycles. The van der Waals surface area contributed by atoms with Gasteiger partial charge in [0.05, 0.1) is 6.61 Å². The molecule has 96 valence electrons. The molecule has 0 fully saturated rings. The largest absolute Gasteiger partial charge is 0.383 e. The zero-order valence-corrected chi connectivity index (χ0v) is 11.3. The van der Waals surface area contributed by atoms with Crippen molar-refractivity contribution in [1.82, 2.24) is 10.3 Å². The normalized spacial score (nSPS) is 10.3. The summed E-state index contributed by atoms with van der Waals surface area (Å²) in [6.45, 7) is 4.12. The fraction of sp³-hybridized carbons (Fsp3) is 0.636. The van der Waals surface area contributed by atoms with Gasteiger partial charge < -0.3 is 15.0 Å². The molecule has 1 heterocycles. The minimum atomic E-state index is -0.102. The Morgan fingerprint density at radius 1 is 1.65 bits per heavy atom. The second-order valence-corrected chi connectivity index (χ2v) is 4.52. The Kier molecular flexibility index (Phi) is 5.93. The van der Waals surface area contributed by atoms with Crippen LogP contribution in [0.25, 0.3) is 0 Å². The third-order valence-corrected chi connectivity index (χ3v) is 3.17. The van der Waals surface area contributed by atoms with Crippen LogP contribution in [0.4, 0.5) is 5.13 Å². The van der Waals surface area contributed by atoms with Gasteiger partial charge in [0.1, 0.15) is 5.69 Å². The van der Waals surface area contributed by atoms with Gasteiger partial charge >= 0.3 is 0 Å². The van der Waals surface area contributed by atoms with E-state index in [-0.39, 0.29) is 5.91 Å². The zero-order valence-electron chi connectivity index (χ0n) is 10.5. The van der Waals surface area contributed by atoms with Crippen LogP contribution in [0.2, 0.25) is 0 Å².